The third-order valence-corrected chi connectivity index (χ3v) is 6.66. The van der Waals surface area contributed by atoms with Gasteiger partial charge in [0.25, 0.3) is 0 Å². The molecule has 7 nitrogen and oxygen atoms in total. The van der Waals surface area contributed by atoms with E-state index >= 15 is 0 Å². The van der Waals surface area contributed by atoms with E-state index < -0.39 is 16.0 Å². The van der Waals surface area contributed by atoms with Crippen LogP contribution in [-0.4, -0.2) is 56.7 Å². The number of hydrogen-bond acceptors (Lipinski definition) is 5. The number of benzene rings is 2. The van der Waals surface area contributed by atoms with Gasteiger partial charge in [0, 0.05) is 25.1 Å². The third-order valence-electron chi connectivity index (χ3n) is 4.79. The van der Waals surface area contributed by atoms with Crippen molar-refractivity contribution in [3.8, 4) is 16.9 Å². The number of hydrogen-bond donors (Lipinski definition) is 1. The van der Waals surface area contributed by atoms with Crippen LogP contribution >= 0.6 is 0 Å². The molecule has 8 heteroatoms. The highest BCUT2D eigenvalue weighted by Crippen LogP contribution is 2.38. The first-order valence-electron chi connectivity index (χ1n) is 8.68. The third kappa shape index (κ3) is 3.31. The Hall–Kier alpha value is -2.42. The first kappa shape index (κ1) is 18.0. The topological polar surface area (TPSA) is 93.1 Å². The van der Waals surface area contributed by atoms with Crippen LogP contribution in [0.1, 0.15) is 15.9 Å². The van der Waals surface area contributed by atoms with Crippen molar-refractivity contribution < 1.29 is 27.8 Å². The zero-order valence-corrected chi connectivity index (χ0v) is 15.4. The molecule has 0 radical (unpaired) electrons. The molecule has 1 saturated heterocycles. The molecule has 2 aliphatic rings. The van der Waals surface area contributed by atoms with Crippen LogP contribution in [0, 0.1) is 0 Å². The SMILES string of the molecule is O=C(O)c1cc(-c2cccc3c2OCC3)cc(S(=O)(=O)N2CCOCC2)c1. The molecule has 0 amide bonds. The molecular formula is C19H19NO6S. The number of carbonyl (C=O) groups is 1. The molecule has 0 unspecified atom stereocenters. The summed E-state index contributed by atoms with van der Waals surface area (Å²) in [6.07, 6.45) is 0.779. The van der Waals surface area contributed by atoms with Crippen LogP contribution < -0.4 is 4.74 Å². The fourth-order valence-electron chi connectivity index (χ4n) is 3.41. The van der Waals surface area contributed by atoms with Crippen LogP contribution in [0.3, 0.4) is 0 Å². The van der Waals surface area contributed by atoms with Gasteiger partial charge in [-0.3, -0.25) is 0 Å². The molecule has 142 valence electrons. The molecule has 0 atom stereocenters. The Balaban J connectivity index is 1.85. The Morgan fingerprint density at radius 2 is 1.85 bits per heavy atom. The van der Waals surface area contributed by atoms with Crippen molar-refractivity contribution in [1.29, 1.82) is 0 Å². The van der Waals surface area contributed by atoms with Crippen molar-refractivity contribution in [1.82, 2.24) is 4.31 Å². The highest BCUT2D eigenvalue weighted by Gasteiger charge is 2.28. The van der Waals surface area contributed by atoms with E-state index in [2.05, 4.69) is 0 Å². The van der Waals surface area contributed by atoms with E-state index in [1.54, 1.807) is 0 Å². The number of nitrogens with zero attached hydrogens (tertiary/aromatic N) is 1. The van der Waals surface area contributed by atoms with Crippen LogP contribution in [0.25, 0.3) is 11.1 Å². The van der Waals surface area contributed by atoms with Gasteiger partial charge in [0.2, 0.25) is 10.0 Å². The summed E-state index contributed by atoms with van der Waals surface area (Å²) < 4.78 is 38.3. The lowest BCUT2D eigenvalue weighted by atomic mass is 9.99. The molecule has 4 rings (SSSR count). The molecule has 0 saturated carbocycles. The highest BCUT2D eigenvalue weighted by atomic mass is 32.2. The standard InChI is InChI=1S/C19H19NO6S/c21-19(22)15-10-14(17-3-1-2-13-4-7-26-18(13)17)11-16(12-15)27(23,24)20-5-8-25-9-6-20/h1-3,10-12H,4-9H2,(H,21,22). The molecule has 0 aliphatic carbocycles. The van der Waals surface area contributed by atoms with Crippen molar-refractivity contribution in [2.75, 3.05) is 32.9 Å². The van der Waals surface area contributed by atoms with E-state index in [4.69, 9.17) is 9.47 Å². The summed E-state index contributed by atoms with van der Waals surface area (Å²) in [5.74, 6) is -0.487. The van der Waals surface area contributed by atoms with E-state index in [1.165, 1.54) is 22.5 Å². The maximum Gasteiger partial charge on any atom is 0.335 e. The molecular weight excluding hydrogens is 370 g/mol. The number of aromatic carboxylic acids is 1. The van der Waals surface area contributed by atoms with Gasteiger partial charge >= 0.3 is 5.97 Å². The fraction of sp³-hybridized carbons (Fsp3) is 0.316. The van der Waals surface area contributed by atoms with Crippen molar-refractivity contribution >= 4 is 16.0 Å². The summed E-state index contributed by atoms with van der Waals surface area (Å²) in [5.41, 5.74) is 2.17. The van der Waals surface area contributed by atoms with Crippen molar-refractivity contribution in [3.63, 3.8) is 0 Å². The number of morpholine rings is 1. The minimum absolute atomic E-state index is 0.0325. The lowest BCUT2D eigenvalue weighted by Crippen LogP contribution is -2.40. The van der Waals surface area contributed by atoms with E-state index in [0.717, 1.165) is 12.0 Å². The largest absolute Gasteiger partial charge is 0.492 e. The van der Waals surface area contributed by atoms with Gasteiger partial charge in [-0.2, -0.15) is 4.31 Å². The normalized spacial score (nSPS) is 17.3. The molecule has 0 spiro atoms. The minimum Gasteiger partial charge on any atom is -0.492 e. The van der Waals surface area contributed by atoms with E-state index in [0.29, 0.717) is 36.7 Å². The van der Waals surface area contributed by atoms with Gasteiger partial charge in [-0.25, -0.2) is 13.2 Å². The summed E-state index contributed by atoms with van der Waals surface area (Å²) in [7, 11) is -3.81. The Morgan fingerprint density at radius 3 is 2.59 bits per heavy atom. The summed E-state index contributed by atoms with van der Waals surface area (Å²) in [4.78, 5) is 11.6. The Morgan fingerprint density at radius 1 is 1.07 bits per heavy atom. The van der Waals surface area contributed by atoms with Crippen LogP contribution in [0.5, 0.6) is 5.75 Å². The summed E-state index contributed by atoms with van der Waals surface area (Å²) in [6, 6.07) is 9.86. The lowest BCUT2D eigenvalue weighted by Gasteiger charge is -2.26. The van der Waals surface area contributed by atoms with Gasteiger partial charge < -0.3 is 14.6 Å². The zero-order valence-electron chi connectivity index (χ0n) is 14.6. The van der Waals surface area contributed by atoms with Gasteiger partial charge in [-0.05, 0) is 29.3 Å². The van der Waals surface area contributed by atoms with Gasteiger partial charge in [0.1, 0.15) is 5.75 Å². The maximum absolute atomic E-state index is 13.0. The summed E-state index contributed by atoms with van der Waals surface area (Å²) in [5, 5.41) is 9.49. The predicted molar refractivity (Wildman–Crippen MR) is 97.6 cm³/mol. The number of fused-ring (bicyclic) bond motifs is 1. The Labute approximate surface area is 157 Å². The molecule has 2 aromatic carbocycles. The minimum atomic E-state index is -3.81. The van der Waals surface area contributed by atoms with Crippen molar-refractivity contribution in [2.24, 2.45) is 0 Å². The molecule has 1 N–H and O–H groups in total. The average molecular weight is 389 g/mol. The van der Waals surface area contributed by atoms with Gasteiger partial charge in [0.05, 0.1) is 30.3 Å². The van der Waals surface area contributed by atoms with Gasteiger partial charge in [0.15, 0.2) is 0 Å². The predicted octanol–water partition coefficient (Wildman–Crippen LogP) is 2.01. The fourth-order valence-corrected chi connectivity index (χ4v) is 4.89. The van der Waals surface area contributed by atoms with E-state index in [-0.39, 0.29) is 23.5 Å². The van der Waals surface area contributed by atoms with Crippen molar-refractivity contribution in [3.05, 3.63) is 47.5 Å². The molecule has 2 aliphatic heterocycles. The molecule has 2 aromatic rings. The lowest BCUT2D eigenvalue weighted by molar-refractivity contribution is 0.0696. The Kier molecular flexibility index (Phi) is 4.63. The second-order valence-corrected chi connectivity index (χ2v) is 8.40. The number of carboxylic acids is 1. The highest BCUT2D eigenvalue weighted by molar-refractivity contribution is 7.89. The average Bonchev–Trinajstić information content (AvgIpc) is 3.17. The number of rotatable bonds is 4. The van der Waals surface area contributed by atoms with Crippen molar-refractivity contribution in [2.45, 2.75) is 11.3 Å². The monoisotopic (exact) mass is 389 g/mol. The number of sulfonamides is 1. The van der Waals surface area contributed by atoms with Crippen LogP contribution in [0.2, 0.25) is 0 Å². The van der Waals surface area contributed by atoms with Gasteiger partial charge in [-0.15, -0.1) is 0 Å². The Bertz CT molecular complexity index is 995. The summed E-state index contributed by atoms with van der Waals surface area (Å²) >= 11 is 0. The second kappa shape index (κ2) is 6.95. The number of para-hydroxylation sites is 1. The first-order chi connectivity index (χ1) is 13.0. The molecule has 0 aromatic heterocycles. The zero-order chi connectivity index (χ0) is 19.0. The number of ether oxygens (including phenoxy) is 2. The van der Waals surface area contributed by atoms with E-state index in [9.17, 15) is 18.3 Å². The van der Waals surface area contributed by atoms with Crippen LogP contribution in [-0.2, 0) is 21.2 Å². The number of carboxylic acid groups (broad SMARTS) is 1. The molecule has 1 fully saturated rings. The molecule has 27 heavy (non-hydrogen) atoms. The smallest absolute Gasteiger partial charge is 0.335 e. The van der Waals surface area contributed by atoms with Gasteiger partial charge in [-0.1, -0.05) is 18.2 Å². The summed E-state index contributed by atoms with van der Waals surface area (Å²) in [6.45, 7) is 1.71. The van der Waals surface area contributed by atoms with E-state index in [1.807, 2.05) is 18.2 Å². The van der Waals surface area contributed by atoms with Crippen LogP contribution in [0.15, 0.2) is 41.3 Å². The first-order valence-corrected chi connectivity index (χ1v) is 10.1. The maximum atomic E-state index is 13.0. The molecule has 2 heterocycles. The molecule has 0 bridgehead atoms. The quantitative estimate of drug-likeness (QED) is 0.860. The second-order valence-electron chi connectivity index (χ2n) is 6.46. The van der Waals surface area contributed by atoms with Crippen LogP contribution in [0.4, 0.5) is 0 Å².